The molecule has 0 heterocycles. The van der Waals surface area contributed by atoms with Gasteiger partial charge in [0.2, 0.25) is 0 Å². The molecular weight excluding hydrogens is 204 g/mol. The first-order valence-corrected chi connectivity index (χ1v) is 6.41. The van der Waals surface area contributed by atoms with Crippen molar-refractivity contribution in [3.63, 3.8) is 0 Å². The van der Waals surface area contributed by atoms with Crippen molar-refractivity contribution >= 4 is 11.6 Å². The third-order valence-corrected chi connectivity index (χ3v) is 4.07. The highest BCUT2D eigenvalue weighted by atomic mass is 35.5. The maximum absolute atomic E-state index is 6.54. The molecule has 0 aromatic heterocycles. The maximum Gasteiger partial charge on any atom is 0.0613 e. The summed E-state index contributed by atoms with van der Waals surface area (Å²) in [6.07, 6.45) is 6.73. The first-order valence-electron chi connectivity index (χ1n) is 5.98. The summed E-state index contributed by atoms with van der Waals surface area (Å²) in [6.45, 7) is 2.12. The predicted molar refractivity (Wildman–Crippen MR) is 66.3 cm³/mol. The van der Waals surface area contributed by atoms with Crippen molar-refractivity contribution in [3.8, 4) is 0 Å². The average molecular weight is 223 g/mol. The minimum absolute atomic E-state index is 0.228. The average Bonchev–Trinajstić information content (AvgIpc) is 2.30. The van der Waals surface area contributed by atoms with Gasteiger partial charge in [-0.05, 0) is 31.2 Å². The number of hydrogen-bond donors (Lipinski definition) is 0. The van der Waals surface area contributed by atoms with Gasteiger partial charge in [0.1, 0.15) is 0 Å². The van der Waals surface area contributed by atoms with E-state index in [0.29, 0.717) is 5.92 Å². The van der Waals surface area contributed by atoms with E-state index in [2.05, 4.69) is 31.2 Å². The fourth-order valence-electron chi connectivity index (χ4n) is 2.45. The molecule has 1 saturated carbocycles. The van der Waals surface area contributed by atoms with Gasteiger partial charge in [-0.3, -0.25) is 0 Å². The lowest BCUT2D eigenvalue weighted by molar-refractivity contribution is 0.348. The fourth-order valence-corrected chi connectivity index (χ4v) is 2.85. The highest BCUT2D eigenvalue weighted by molar-refractivity contribution is 6.21. The SMILES string of the molecule is Cc1ccc(C(Cl)C2CCCCC2)cc1. The largest absolute Gasteiger partial charge is 0.118 e. The molecule has 0 bridgehead atoms. The van der Waals surface area contributed by atoms with Crippen LogP contribution in [0.4, 0.5) is 0 Å². The van der Waals surface area contributed by atoms with Crippen LogP contribution < -0.4 is 0 Å². The van der Waals surface area contributed by atoms with Crippen LogP contribution in [0.5, 0.6) is 0 Å². The van der Waals surface area contributed by atoms with Gasteiger partial charge in [-0.25, -0.2) is 0 Å². The Morgan fingerprint density at radius 1 is 1.07 bits per heavy atom. The van der Waals surface area contributed by atoms with Crippen molar-refractivity contribution in [2.24, 2.45) is 5.92 Å². The summed E-state index contributed by atoms with van der Waals surface area (Å²) >= 11 is 6.54. The number of rotatable bonds is 2. The fraction of sp³-hybridized carbons (Fsp3) is 0.571. The smallest absolute Gasteiger partial charge is 0.0613 e. The number of benzene rings is 1. The van der Waals surface area contributed by atoms with E-state index >= 15 is 0 Å². The Morgan fingerprint density at radius 3 is 2.27 bits per heavy atom. The normalized spacial score (nSPS) is 20.1. The van der Waals surface area contributed by atoms with Crippen LogP contribution in [-0.4, -0.2) is 0 Å². The van der Waals surface area contributed by atoms with Gasteiger partial charge >= 0.3 is 0 Å². The van der Waals surface area contributed by atoms with Crippen LogP contribution >= 0.6 is 11.6 Å². The summed E-state index contributed by atoms with van der Waals surface area (Å²) in [4.78, 5) is 0. The molecule has 1 heteroatoms. The second kappa shape index (κ2) is 5.03. The summed E-state index contributed by atoms with van der Waals surface area (Å²) in [5.74, 6) is 0.697. The van der Waals surface area contributed by atoms with Crippen molar-refractivity contribution in [1.82, 2.24) is 0 Å². The van der Waals surface area contributed by atoms with Gasteiger partial charge < -0.3 is 0 Å². The Hall–Kier alpha value is -0.490. The van der Waals surface area contributed by atoms with E-state index in [-0.39, 0.29) is 5.38 Å². The highest BCUT2D eigenvalue weighted by Crippen LogP contribution is 2.38. The molecule has 1 aliphatic carbocycles. The van der Waals surface area contributed by atoms with Crippen molar-refractivity contribution in [2.75, 3.05) is 0 Å². The van der Waals surface area contributed by atoms with Gasteiger partial charge in [0.25, 0.3) is 0 Å². The molecule has 1 aromatic carbocycles. The quantitative estimate of drug-likeness (QED) is 0.628. The Labute approximate surface area is 97.6 Å². The third-order valence-electron chi connectivity index (χ3n) is 3.46. The summed E-state index contributed by atoms with van der Waals surface area (Å²) in [6, 6.07) is 8.68. The van der Waals surface area contributed by atoms with Crippen LogP contribution in [0.15, 0.2) is 24.3 Å². The molecule has 0 aliphatic heterocycles. The molecule has 0 amide bonds. The van der Waals surface area contributed by atoms with Crippen molar-refractivity contribution in [3.05, 3.63) is 35.4 Å². The molecule has 2 rings (SSSR count). The minimum Gasteiger partial charge on any atom is -0.118 e. The van der Waals surface area contributed by atoms with Gasteiger partial charge in [-0.1, -0.05) is 49.1 Å². The standard InChI is InChI=1S/C14H19Cl/c1-11-7-9-13(10-8-11)14(15)12-5-3-2-4-6-12/h7-10,12,14H,2-6H2,1H3. The zero-order valence-electron chi connectivity index (χ0n) is 9.38. The summed E-state index contributed by atoms with van der Waals surface area (Å²) in [5, 5.41) is 0.228. The minimum atomic E-state index is 0.228. The molecule has 82 valence electrons. The summed E-state index contributed by atoms with van der Waals surface area (Å²) in [5.41, 5.74) is 2.61. The Balaban J connectivity index is 2.05. The van der Waals surface area contributed by atoms with Gasteiger partial charge in [0, 0.05) is 0 Å². The molecule has 0 saturated heterocycles. The summed E-state index contributed by atoms with van der Waals surface area (Å²) in [7, 11) is 0. The maximum atomic E-state index is 6.54. The second-order valence-corrected chi connectivity index (χ2v) is 5.18. The van der Waals surface area contributed by atoms with Crippen LogP contribution in [0, 0.1) is 12.8 Å². The Kier molecular flexibility index (Phi) is 3.69. The molecule has 0 N–H and O–H groups in total. The molecule has 1 aliphatic rings. The van der Waals surface area contributed by atoms with E-state index in [9.17, 15) is 0 Å². The van der Waals surface area contributed by atoms with E-state index in [0.717, 1.165) is 0 Å². The first kappa shape index (κ1) is 11.0. The molecule has 1 aromatic rings. The van der Waals surface area contributed by atoms with Gasteiger partial charge in [0.05, 0.1) is 5.38 Å². The molecule has 15 heavy (non-hydrogen) atoms. The monoisotopic (exact) mass is 222 g/mol. The lowest BCUT2D eigenvalue weighted by Gasteiger charge is -2.26. The highest BCUT2D eigenvalue weighted by Gasteiger charge is 2.22. The number of hydrogen-bond acceptors (Lipinski definition) is 0. The van der Waals surface area contributed by atoms with E-state index in [1.54, 1.807) is 0 Å². The lowest BCUT2D eigenvalue weighted by atomic mass is 9.84. The van der Waals surface area contributed by atoms with Crippen LogP contribution in [0.3, 0.4) is 0 Å². The second-order valence-electron chi connectivity index (χ2n) is 4.71. The predicted octanol–water partition coefficient (Wildman–Crippen LogP) is 4.86. The van der Waals surface area contributed by atoms with Crippen molar-refractivity contribution in [1.29, 1.82) is 0 Å². The van der Waals surface area contributed by atoms with Gasteiger partial charge in [0.15, 0.2) is 0 Å². The number of halogens is 1. The van der Waals surface area contributed by atoms with Crippen LogP contribution in [0.2, 0.25) is 0 Å². The van der Waals surface area contributed by atoms with Gasteiger partial charge in [-0.15, -0.1) is 11.6 Å². The third kappa shape index (κ3) is 2.75. The van der Waals surface area contributed by atoms with Crippen molar-refractivity contribution < 1.29 is 0 Å². The lowest BCUT2D eigenvalue weighted by Crippen LogP contribution is -2.12. The molecule has 1 atom stereocenters. The van der Waals surface area contributed by atoms with Crippen molar-refractivity contribution in [2.45, 2.75) is 44.4 Å². The summed E-state index contributed by atoms with van der Waals surface area (Å²) < 4.78 is 0. The topological polar surface area (TPSA) is 0 Å². The van der Waals surface area contributed by atoms with E-state index in [4.69, 9.17) is 11.6 Å². The van der Waals surface area contributed by atoms with Crippen LogP contribution in [-0.2, 0) is 0 Å². The number of alkyl halides is 1. The van der Waals surface area contributed by atoms with Crippen LogP contribution in [0.25, 0.3) is 0 Å². The zero-order chi connectivity index (χ0) is 10.7. The first-order chi connectivity index (χ1) is 7.27. The molecule has 0 radical (unpaired) electrons. The molecule has 1 unspecified atom stereocenters. The van der Waals surface area contributed by atoms with E-state index in [1.807, 2.05) is 0 Å². The Morgan fingerprint density at radius 2 is 1.67 bits per heavy atom. The van der Waals surface area contributed by atoms with E-state index in [1.165, 1.54) is 43.2 Å². The van der Waals surface area contributed by atoms with Crippen LogP contribution in [0.1, 0.15) is 48.6 Å². The molecule has 1 fully saturated rings. The molecular formula is C14H19Cl. The number of aryl methyl sites for hydroxylation is 1. The zero-order valence-corrected chi connectivity index (χ0v) is 10.1. The molecule has 0 spiro atoms. The van der Waals surface area contributed by atoms with Gasteiger partial charge in [-0.2, -0.15) is 0 Å². The Bertz CT molecular complexity index is 296. The molecule has 0 nitrogen and oxygen atoms in total. The van der Waals surface area contributed by atoms with E-state index < -0.39 is 0 Å².